The Morgan fingerprint density at radius 1 is 1.47 bits per heavy atom. The standard InChI is InChI=1S/C11H14O3S/c1-9-4-3-5-10(6-9)7-15(13)8-11(12)14-2/h3-6H,7-8H2,1-2H3. The quantitative estimate of drug-likeness (QED) is 0.729. The van der Waals surface area contributed by atoms with Crippen molar-refractivity contribution in [1.29, 1.82) is 0 Å². The maximum absolute atomic E-state index is 11.5. The van der Waals surface area contributed by atoms with E-state index in [4.69, 9.17) is 0 Å². The number of hydrogen-bond donors (Lipinski definition) is 0. The van der Waals surface area contributed by atoms with Gasteiger partial charge in [-0.2, -0.15) is 0 Å². The van der Waals surface area contributed by atoms with Crippen LogP contribution in [0.25, 0.3) is 0 Å². The van der Waals surface area contributed by atoms with Gasteiger partial charge in [0.15, 0.2) is 0 Å². The molecule has 3 nitrogen and oxygen atoms in total. The van der Waals surface area contributed by atoms with Gasteiger partial charge in [0.05, 0.1) is 7.11 Å². The molecule has 1 aromatic rings. The second-order valence-corrected chi connectivity index (χ2v) is 4.75. The van der Waals surface area contributed by atoms with E-state index in [1.807, 2.05) is 31.2 Å². The third-order valence-electron chi connectivity index (χ3n) is 1.92. The highest BCUT2D eigenvalue weighted by atomic mass is 32.2. The van der Waals surface area contributed by atoms with Crippen LogP contribution in [0.15, 0.2) is 24.3 Å². The molecule has 0 heterocycles. The molecule has 1 unspecified atom stereocenters. The molecule has 82 valence electrons. The predicted octanol–water partition coefficient (Wildman–Crippen LogP) is 1.42. The van der Waals surface area contributed by atoms with Crippen LogP contribution >= 0.6 is 0 Å². The molecule has 0 radical (unpaired) electrons. The van der Waals surface area contributed by atoms with Crippen molar-refractivity contribution >= 4 is 16.8 Å². The average Bonchev–Trinajstić information content (AvgIpc) is 2.17. The van der Waals surface area contributed by atoms with E-state index < -0.39 is 16.8 Å². The monoisotopic (exact) mass is 226 g/mol. The van der Waals surface area contributed by atoms with Crippen LogP contribution in [0.5, 0.6) is 0 Å². The molecule has 4 heteroatoms. The molecule has 0 aliphatic rings. The number of aryl methyl sites for hydroxylation is 1. The molecule has 1 aromatic carbocycles. The third-order valence-corrected chi connectivity index (χ3v) is 3.13. The van der Waals surface area contributed by atoms with Crippen LogP contribution in [0.1, 0.15) is 11.1 Å². The molecular weight excluding hydrogens is 212 g/mol. The summed E-state index contributed by atoms with van der Waals surface area (Å²) in [5.41, 5.74) is 2.11. The highest BCUT2D eigenvalue weighted by Gasteiger charge is 2.08. The highest BCUT2D eigenvalue weighted by Crippen LogP contribution is 2.06. The summed E-state index contributed by atoms with van der Waals surface area (Å²) in [6, 6.07) is 7.77. The number of hydrogen-bond acceptors (Lipinski definition) is 3. The first-order valence-electron chi connectivity index (χ1n) is 4.59. The fourth-order valence-electron chi connectivity index (χ4n) is 1.23. The molecule has 1 rings (SSSR count). The number of rotatable bonds is 4. The molecule has 0 N–H and O–H groups in total. The van der Waals surface area contributed by atoms with E-state index in [1.54, 1.807) is 0 Å². The van der Waals surface area contributed by atoms with Gasteiger partial charge in [0.1, 0.15) is 5.75 Å². The molecule has 0 spiro atoms. The molecular formula is C11H14O3S. The normalized spacial score (nSPS) is 12.1. The molecule has 0 bridgehead atoms. The highest BCUT2D eigenvalue weighted by molar-refractivity contribution is 7.84. The van der Waals surface area contributed by atoms with Crippen LogP contribution in [0.3, 0.4) is 0 Å². The molecule has 0 fully saturated rings. The minimum atomic E-state index is -1.18. The minimum absolute atomic E-state index is 0.0373. The largest absolute Gasteiger partial charge is 0.468 e. The van der Waals surface area contributed by atoms with E-state index in [-0.39, 0.29) is 5.75 Å². The Morgan fingerprint density at radius 2 is 2.20 bits per heavy atom. The third kappa shape index (κ3) is 4.25. The Bertz CT molecular complexity index is 374. The van der Waals surface area contributed by atoms with E-state index in [1.165, 1.54) is 7.11 Å². The SMILES string of the molecule is COC(=O)CS(=O)Cc1cccc(C)c1. The van der Waals surface area contributed by atoms with Crippen molar-refractivity contribution in [3.05, 3.63) is 35.4 Å². The number of carbonyl (C=O) groups is 1. The molecule has 0 aliphatic heterocycles. The summed E-state index contributed by atoms with van der Waals surface area (Å²) in [6.07, 6.45) is 0. The first-order chi connectivity index (χ1) is 7.11. The number of methoxy groups -OCH3 is 1. The summed E-state index contributed by atoms with van der Waals surface area (Å²) in [4.78, 5) is 10.9. The van der Waals surface area contributed by atoms with Crippen molar-refractivity contribution in [1.82, 2.24) is 0 Å². The van der Waals surface area contributed by atoms with Gasteiger partial charge in [0.2, 0.25) is 0 Å². The Morgan fingerprint density at radius 3 is 2.80 bits per heavy atom. The van der Waals surface area contributed by atoms with Crippen LogP contribution in [0.4, 0.5) is 0 Å². The van der Waals surface area contributed by atoms with Gasteiger partial charge in [-0.25, -0.2) is 0 Å². The summed E-state index contributed by atoms with van der Waals surface area (Å²) in [6.45, 7) is 1.98. The van der Waals surface area contributed by atoms with Crippen molar-refractivity contribution in [3.63, 3.8) is 0 Å². The lowest BCUT2D eigenvalue weighted by Crippen LogP contribution is -2.13. The summed E-state index contributed by atoms with van der Waals surface area (Å²) >= 11 is 0. The summed E-state index contributed by atoms with van der Waals surface area (Å²) < 4.78 is 16.0. The number of carbonyl (C=O) groups excluding carboxylic acids is 1. The van der Waals surface area contributed by atoms with Crippen molar-refractivity contribution in [2.24, 2.45) is 0 Å². The Hall–Kier alpha value is -1.16. The smallest absolute Gasteiger partial charge is 0.318 e. The Labute approximate surface area is 91.9 Å². The molecule has 0 aliphatic carbocycles. The van der Waals surface area contributed by atoms with E-state index in [0.29, 0.717) is 5.75 Å². The van der Waals surface area contributed by atoms with Crippen molar-refractivity contribution < 1.29 is 13.7 Å². The van der Waals surface area contributed by atoms with Crippen LogP contribution < -0.4 is 0 Å². The van der Waals surface area contributed by atoms with Crippen LogP contribution in [-0.4, -0.2) is 23.0 Å². The predicted molar refractivity (Wildman–Crippen MR) is 59.9 cm³/mol. The first-order valence-corrected chi connectivity index (χ1v) is 6.08. The summed E-state index contributed by atoms with van der Waals surface area (Å²) in [5, 5.41) is 0. The zero-order valence-corrected chi connectivity index (χ0v) is 9.67. The maximum atomic E-state index is 11.5. The second kappa shape index (κ2) is 5.66. The van der Waals surface area contributed by atoms with Crippen LogP contribution in [0, 0.1) is 6.92 Å². The van der Waals surface area contributed by atoms with E-state index in [9.17, 15) is 9.00 Å². The van der Waals surface area contributed by atoms with Gasteiger partial charge in [-0.1, -0.05) is 29.8 Å². The maximum Gasteiger partial charge on any atom is 0.318 e. The topological polar surface area (TPSA) is 43.4 Å². The van der Waals surface area contributed by atoms with E-state index in [2.05, 4.69) is 4.74 Å². The Balaban J connectivity index is 2.55. The average molecular weight is 226 g/mol. The van der Waals surface area contributed by atoms with Crippen molar-refractivity contribution in [2.75, 3.05) is 12.9 Å². The van der Waals surface area contributed by atoms with E-state index >= 15 is 0 Å². The van der Waals surface area contributed by atoms with Gasteiger partial charge in [0, 0.05) is 16.6 Å². The van der Waals surface area contributed by atoms with Gasteiger partial charge < -0.3 is 4.74 Å². The van der Waals surface area contributed by atoms with Gasteiger partial charge in [-0.05, 0) is 12.5 Å². The van der Waals surface area contributed by atoms with Gasteiger partial charge >= 0.3 is 5.97 Å². The Kier molecular flexibility index (Phi) is 4.49. The minimum Gasteiger partial charge on any atom is -0.468 e. The molecule has 0 saturated carbocycles. The molecule has 1 atom stereocenters. The van der Waals surface area contributed by atoms with Gasteiger partial charge in [0.25, 0.3) is 0 Å². The van der Waals surface area contributed by atoms with Gasteiger partial charge in [-0.3, -0.25) is 9.00 Å². The van der Waals surface area contributed by atoms with Crippen molar-refractivity contribution in [3.8, 4) is 0 Å². The van der Waals surface area contributed by atoms with Gasteiger partial charge in [-0.15, -0.1) is 0 Å². The molecule has 0 saturated heterocycles. The van der Waals surface area contributed by atoms with E-state index in [0.717, 1.165) is 11.1 Å². The second-order valence-electron chi connectivity index (χ2n) is 3.29. The zero-order chi connectivity index (χ0) is 11.3. The molecule has 0 aromatic heterocycles. The fraction of sp³-hybridized carbons (Fsp3) is 0.364. The number of benzene rings is 1. The summed E-state index contributed by atoms with van der Waals surface area (Å²) in [7, 11) is 0.114. The lowest BCUT2D eigenvalue weighted by Gasteiger charge is -2.02. The number of esters is 1. The lowest BCUT2D eigenvalue weighted by molar-refractivity contribution is -0.137. The van der Waals surface area contributed by atoms with Crippen LogP contribution in [-0.2, 0) is 26.1 Å². The lowest BCUT2D eigenvalue weighted by atomic mass is 10.2. The zero-order valence-electron chi connectivity index (χ0n) is 8.86. The van der Waals surface area contributed by atoms with Crippen molar-refractivity contribution in [2.45, 2.75) is 12.7 Å². The molecule has 15 heavy (non-hydrogen) atoms. The molecule has 0 amide bonds. The van der Waals surface area contributed by atoms with Crippen LogP contribution in [0.2, 0.25) is 0 Å². The first kappa shape index (κ1) is 11.9. The fourth-order valence-corrected chi connectivity index (χ4v) is 2.26. The number of ether oxygens (including phenoxy) is 1. The summed E-state index contributed by atoms with van der Waals surface area (Å²) in [5.74, 6) is -0.0673.